The summed E-state index contributed by atoms with van der Waals surface area (Å²) in [4.78, 5) is 0. The molecule has 1 rings (SSSR count). The summed E-state index contributed by atoms with van der Waals surface area (Å²) in [6.07, 6.45) is 1.59. The van der Waals surface area contributed by atoms with Crippen molar-refractivity contribution >= 4 is 23.5 Å². The number of aryl methyl sites for hydroxylation is 1. The molecular formula is C9H11N3OS. The Bertz CT molecular complexity index is 376. The molecule has 0 saturated heterocycles. The number of aromatic hydroxyl groups is 1. The van der Waals surface area contributed by atoms with Crippen LogP contribution in [-0.2, 0) is 0 Å². The lowest BCUT2D eigenvalue weighted by molar-refractivity contribution is 0.475. The minimum Gasteiger partial charge on any atom is -0.508 e. The number of nitrogens with two attached hydrogens (primary N) is 1. The van der Waals surface area contributed by atoms with E-state index in [1.54, 1.807) is 24.4 Å². The van der Waals surface area contributed by atoms with Crippen molar-refractivity contribution in [1.82, 2.24) is 5.43 Å². The lowest BCUT2D eigenvalue weighted by Gasteiger charge is -2.00. The molecule has 0 fully saturated rings. The summed E-state index contributed by atoms with van der Waals surface area (Å²) in [5.74, 6) is 0.238. The van der Waals surface area contributed by atoms with Gasteiger partial charge in [-0.1, -0.05) is 0 Å². The zero-order chi connectivity index (χ0) is 10.6. The second-order valence-corrected chi connectivity index (χ2v) is 3.21. The highest BCUT2D eigenvalue weighted by molar-refractivity contribution is 7.80. The van der Waals surface area contributed by atoms with Crippen LogP contribution in [0.25, 0.3) is 0 Å². The lowest BCUT2D eigenvalue weighted by atomic mass is 10.1. The summed E-state index contributed by atoms with van der Waals surface area (Å²) >= 11 is 4.58. The smallest absolute Gasteiger partial charge is 0.184 e. The Morgan fingerprint density at radius 1 is 1.64 bits per heavy atom. The molecule has 0 aliphatic carbocycles. The summed E-state index contributed by atoms with van der Waals surface area (Å²) in [6.45, 7) is 1.88. The molecule has 0 aromatic heterocycles. The Kier molecular flexibility index (Phi) is 3.41. The molecule has 1 aromatic rings. The summed E-state index contributed by atoms with van der Waals surface area (Å²) in [5, 5.41) is 13.1. The van der Waals surface area contributed by atoms with Crippen molar-refractivity contribution in [2.45, 2.75) is 6.92 Å². The van der Waals surface area contributed by atoms with E-state index in [2.05, 4.69) is 22.7 Å². The summed E-state index contributed by atoms with van der Waals surface area (Å²) < 4.78 is 0. The first kappa shape index (κ1) is 10.5. The van der Waals surface area contributed by atoms with Crippen LogP contribution in [-0.4, -0.2) is 16.4 Å². The van der Waals surface area contributed by atoms with E-state index in [9.17, 15) is 0 Å². The van der Waals surface area contributed by atoms with Gasteiger partial charge in [-0.15, -0.1) is 0 Å². The number of hydrogen-bond acceptors (Lipinski definition) is 3. The fourth-order valence-corrected chi connectivity index (χ4v) is 1.02. The van der Waals surface area contributed by atoms with E-state index in [1.807, 2.05) is 6.92 Å². The van der Waals surface area contributed by atoms with E-state index in [4.69, 9.17) is 10.8 Å². The number of hydrazone groups is 1. The number of phenolic OH excluding ortho intramolecular Hbond substituents is 1. The van der Waals surface area contributed by atoms with Crippen LogP contribution in [0.1, 0.15) is 11.1 Å². The Labute approximate surface area is 87.4 Å². The molecule has 0 heterocycles. The topological polar surface area (TPSA) is 70.6 Å². The van der Waals surface area contributed by atoms with Gasteiger partial charge in [-0.3, -0.25) is 5.43 Å². The van der Waals surface area contributed by atoms with Gasteiger partial charge >= 0.3 is 0 Å². The van der Waals surface area contributed by atoms with Crippen molar-refractivity contribution in [2.75, 3.05) is 0 Å². The maximum absolute atomic E-state index is 9.15. The van der Waals surface area contributed by atoms with Gasteiger partial charge in [0.1, 0.15) is 5.75 Å². The van der Waals surface area contributed by atoms with Gasteiger partial charge in [-0.25, -0.2) is 0 Å². The van der Waals surface area contributed by atoms with Gasteiger partial charge in [0.2, 0.25) is 0 Å². The quantitative estimate of drug-likeness (QED) is 0.384. The normalized spacial score (nSPS) is 10.4. The highest BCUT2D eigenvalue weighted by Crippen LogP contribution is 2.13. The average molecular weight is 209 g/mol. The third-order valence-electron chi connectivity index (χ3n) is 1.63. The minimum absolute atomic E-state index is 0.123. The second-order valence-electron chi connectivity index (χ2n) is 2.78. The molecule has 4 N–H and O–H groups in total. The average Bonchev–Trinajstić information content (AvgIpc) is 2.08. The minimum atomic E-state index is 0.123. The molecule has 0 radical (unpaired) electrons. The number of nitrogens with zero attached hydrogens (tertiary/aromatic N) is 1. The predicted octanol–water partition coefficient (Wildman–Crippen LogP) is 0.868. The molecule has 1 aromatic carbocycles. The molecule has 0 atom stereocenters. The Morgan fingerprint density at radius 2 is 2.36 bits per heavy atom. The molecule has 0 unspecified atom stereocenters. The number of thiocarbonyl (C=S) groups is 1. The summed E-state index contributed by atoms with van der Waals surface area (Å²) in [7, 11) is 0. The van der Waals surface area contributed by atoms with E-state index in [0.717, 1.165) is 11.1 Å². The van der Waals surface area contributed by atoms with Gasteiger partial charge < -0.3 is 10.8 Å². The van der Waals surface area contributed by atoms with Crippen molar-refractivity contribution in [3.05, 3.63) is 29.3 Å². The van der Waals surface area contributed by atoms with E-state index in [-0.39, 0.29) is 10.9 Å². The molecule has 0 saturated carbocycles. The first-order chi connectivity index (χ1) is 6.59. The second kappa shape index (κ2) is 4.57. The molecule has 0 amide bonds. The number of nitrogens with one attached hydrogen (secondary N) is 1. The van der Waals surface area contributed by atoms with Crippen LogP contribution in [0.15, 0.2) is 23.3 Å². The molecule has 14 heavy (non-hydrogen) atoms. The van der Waals surface area contributed by atoms with Crippen LogP contribution >= 0.6 is 12.2 Å². The van der Waals surface area contributed by atoms with E-state index in [0.29, 0.717) is 0 Å². The van der Waals surface area contributed by atoms with Crippen molar-refractivity contribution in [3.63, 3.8) is 0 Å². The van der Waals surface area contributed by atoms with Gasteiger partial charge in [-0.2, -0.15) is 5.10 Å². The first-order valence-corrected chi connectivity index (χ1v) is 4.38. The highest BCUT2D eigenvalue weighted by Gasteiger charge is 1.95. The van der Waals surface area contributed by atoms with Gasteiger partial charge in [0.15, 0.2) is 5.11 Å². The number of phenols is 1. The highest BCUT2D eigenvalue weighted by atomic mass is 32.1. The van der Waals surface area contributed by atoms with Crippen molar-refractivity contribution < 1.29 is 5.11 Å². The molecule has 0 aliphatic rings. The van der Waals surface area contributed by atoms with E-state index < -0.39 is 0 Å². The van der Waals surface area contributed by atoms with Crippen LogP contribution in [0, 0.1) is 6.92 Å². The van der Waals surface area contributed by atoms with E-state index >= 15 is 0 Å². The third-order valence-corrected chi connectivity index (χ3v) is 1.72. The maximum Gasteiger partial charge on any atom is 0.184 e. The Hall–Kier alpha value is -1.62. The molecule has 0 bridgehead atoms. The number of hydrogen-bond donors (Lipinski definition) is 3. The zero-order valence-electron chi connectivity index (χ0n) is 7.69. The number of rotatable bonds is 2. The Morgan fingerprint density at radius 3 is 2.93 bits per heavy atom. The largest absolute Gasteiger partial charge is 0.508 e. The molecule has 74 valence electrons. The van der Waals surface area contributed by atoms with Gasteiger partial charge in [0, 0.05) is 0 Å². The third kappa shape index (κ3) is 3.02. The van der Waals surface area contributed by atoms with Crippen LogP contribution in [0.4, 0.5) is 0 Å². The predicted molar refractivity (Wildman–Crippen MR) is 60.4 cm³/mol. The monoisotopic (exact) mass is 209 g/mol. The van der Waals surface area contributed by atoms with Gasteiger partial charge in [0.05, 0.1) is 6.21 Å². The van der Waals surface area contributed by atoms with Gasteiger partial charge in [-0.05, 0) is 48.5 Å². The van der Waals surface area contributed by atoms with Crippen LogP contribution in [0.3, 0.4) is 0 Å². The van der Waals surface area contributed by atoms with Crippen molar-refractivity contribution in [2.24, 2.45) is 10.8 Å². The number of benzene rings is 1. The fraction of sp³-hybridized carbons (Fsp3) is 0.111. The van der Waals surface area contributed by atoms with Crippen LogP contribution in [0.5, 0.6) is 5.75 Å². The molecule has 0 aliphatic heterocycles. The maximum atomic E-state index is 9.15. The zero-order valence-corrected chi connectivity index (χ0v) is 8.51. The molecule has 5 heteroatoms. The Balaban J connectivity index is 2.76. The molecule has 0 spiro atoms. The van der Waals surface area contributed by atoms with Crippen molar-refractivity contribution in [1.29, 1.82) is 0 Å². The standard InChI is InChI=1S/C9H11N3OS/c1-6-4-8(13)3-2-7(6)5-11-12-9(10)14/h2-5,13H,1H3,(H3,10,12,14)/b11-5+. The van der Waals surface area contributed by atoms with Crippen molar-refractivity contribution in [3.8, 4) is 5.75 Å². The fourth-order valence-electron chi connectivity index (χ4n) is 0.970. The lowest BCUT2D eigenvalue weighted by Crippen LogP contribution is -2.24. The summed E-state index contributed by atoms with van der Waals surface area (Å²) in [6, 6.07) is 5.01. The van der Waals surface area contributed by atoms with Gasteiger partial charge in [0.25, 0.3) is 0 Å². The SMILES string of the molecule is Cc1cc(O)ccc1/C=N/NC(N)=S. The molecule has 4 nitrogen and oxygen atoms in total. The van der Waals surface area contributed by atoms with Crippen LogP contribution in [0.2, 0.25) is 0 Å². The summed E-state index contributed by atoms with van der Waals surface area (Å²) in [5.41, 5.74) is 9.46. The molecular weight excluding hydrogens is 198 g/mol. The first-order valence-electron chi connectivity index (χ1n) is 3.97. The van der Waals surface area contributed by atoms with E-state index in [1.165, 1.54) is 0 Å². The van der Waals surface area contributed by atoms with Crippen LogP contribution < -0.4 is 11.2 Å².